The van der Waals surface area contributed by atoms with Gasteiger partial charge in [-0.05, 0) is 0 Å². The molecule has 3 heterocycles. The highest BCUT2D eigenvalue weighted by Gasteiger charge is 2.01. The number of H-pyrrole nitrogens is 3. The van der Waals surface area contributed by atoms with Gasteiger partial charge in [0, 0.05) is 36.4 Å². The number of aromatic amines is 3. The van der Waals surface area contributed by atoms with Gasteiger partial charge in [0.1, 0.15) is 0 Å². The standard InChI is InChI=1S/3C6H5NO2.3ClHO4/c3*8-6(9)5-1-3-7-4-2-5;3*2-1(3,4)5/h3*1-4H,(H,8,9);3*(H,2,3,4,5). The van der Waals surface area contributed by atoms with E-state index in [0.29, 0.717) is 16.7 Å². The summed E-state index contributed by atoms with van der Waals surface area (Å²) in [4.78, 5) is 38.7. The summed E-state index contributed by atoms with van der Waals surface area (Å²) < 4.78 is 102. The lowest BCUT2D eigenvalue weighted by atomic mass is 10.3. The number of halogens is 3. The lowest BCUT2D eigenvalue weighted by Crippen LogP contribution is -2.68. The molecule has 24 heteroatoms. The molecule has 0 radical (unpaired) electrons. The molecule has 0 fully saturated rings. The van der Waals surface area contributed by atoms with Crippen LogP contribution in [-0.4, -0.2) is 33.2 Å². The van der Waals surface area contributed by atoms with Crippen molar-refractivity contribution in [2.45, 2.75) is 0 Å². The van der Waals surface area contributed by atoms with Crippen LogP contribution in [0.5, 0.6) is 0 Å². The smallest absolute Gasteiger partial charge is 0.336 e. The van der Waals surface area contributed by atoms with E-state index >= 15 is 0 Å². The van der Waals surface area contributed by atoms with Crippen LogP contribution >= 0.6 is 0 Å². The number of rotatable bonds is 3. The molecular weight excluding hydrogens is 653 g/mol. The van der Waals surface area contributed by atoms with Crippen LogP contribution in [0, 0.1) is 30.7 Å². The molecule has 0 saturated heterocycles. The summed E-state index contributed by atoms with van der Waals surface area (Å²) in [7, 11) is -14.8. The lowest BCUT2D eigenvalue weighted by Gasteiger charge is -2.17. The Bertz CT molecular complexity index is 981. The van der Waals surface area contributed by atoms with Crippen LogP contribution in [0.4, 0.5) is 0 Å². The average molecular weight is 671 g/mol. The molecule has 3 aromatic rings. The Balaban J connectivity index is -0.000000446. The molecule has 0 aliphatic rings. The Kier molecular flexibility index (Phi) is 22.3. The molecule has 0 aliphatic carbocycles. The topological polar surface area (TPSA) is 431 Å². The van der Waals surface area contributed by atoms with Gasteiger partial charge in [-0.15, -0.1) is 30.7 Å². The zero-order chi connectivity index (χ0) is 33.6. The molecule has 0 amide bonds. The van der Waals surface area contributed by atoms with Crippen molar-refractivity contribution in [3.05, 3.63) is 90.3 Å². The number of aromatic carboxylic acids is 3. The monoisotopic (exact) mass is 669 g/mol. The average Bonchev–Trinajstić information content (AvgIpc) is 2.83. The van der Waals surface area contributed by atoms with Crippen LogP contribution in [0.1, 0.15) is 31.1 Å². The summed E-state index contributed by atoms with van der Waals surface area (Å²) >= 11 is 0. The first-order chi connectivity index (χ1) is 18.9. The van der Waals surface area contributed by atoms with Gasteiger partial charge in [0.15, 0.2) is 37.2 Å². The van der Waals surface area contributed by atoms with Crippen molar-refractivity contribution in [1.29, 1.82) is 0 Å². The molecule has 0 bridgehead atoms. The maximum absolute atomic E-state index is 10.2. The second-order valence-electron chi connectivity index (χ2n) is 5.92. The first-order valence-electron chi connectivity index (χ1n) is 9.35. The van der Waals surface area contributed by atoms with E-state index in [1.165, 1.54) is 36.4 Å². The first-order valence-corrected chi connectivity index (χ1v) is 13.1. The van der Waals surface area contributed by atoms with Gasteiger partial charge >= 0.3 is 17.9 Å². The minimum atomic E-state index is -4.94. The minimum Gasteiger partial charge on any atom is -0.478 e. The summed E-state index contributed by atoms with van der Waals surface area (Å²) in [5.74, 6) is -2.70. The molecule has 0 aliphatic heterocycles. The summed E-state index contributed by atoms with van der Waals surface area (Å²) in [6.45, 7) is 0. The molecule has 0 aromatic carbocycles. The second kappa shape index (κ2) is 21.9. The number of nitrogens with one attached hydrogen (secondary N) is 3. The Morgan fingerprint density at radius 1 is 0.405 bits per heavy atom. The maximum atomic E-state index is 10.2. The van der Waals surface area contributed by atoms with Crippen molar-refractivity contribution < 1.29 is 131 Å². The van der Waals surface area contributed by atoms with E-state index in [2.05, 4.69) is 15.0 Å². The van der Waals surface area contributed by atoms with Gasteiger partial charge < -0.3 is 15.3 Å². The van der Waals surface area contributed by atoms with Crippen LogP contribution in [0.2, 0.25) is 0 Å². The van der Waals surface area contributed by atoms with E-state index in [1.54, 1.807) is 37.2 Å². The number of hydrogen-bond acceptors (Lipinski definition) is 15. The summed E-state index contributed by atoms with van der Waals surface area (Å²) in [6.07, 6.45) is 9.44. The van der Waals surface area contributed by atoms with Crippen molar-refractivity contribution in [2.75, 3.05) is 0 Å². The molecule has 0 saturated carbocycles. The fraction of sp³-hybridized carbons (Fsp3) is 0. The summed E-state index contributed by atoms with van der Waals surface area (Å²) in [5, 5.41) is 25.1. The molecular formula is C18H18Cl3N3O18. The highest BCUT2D eigenvalue weighted by molar-refractivity contribution is 5.87. The largest absolute Gasteiger partial charge is 0.478 e. The van der Waals surface area contributed by atoms with Crippen LogP contribution in [0.15, 0.2) is 73.6 Å². The Labute approximate surface area is 239 Å². The van der Waals surface area contributed by atoms with E-state index < -0.39 is 48.6 Å². The van der Waals surface area contributed by atoms with Crippen LogP contribution in [0.25, 0.3) is 0 Å². The Morgan fingerprint density at radius 2 is 0.524 bits per heavy atom. The van der Waals surface area contributed by atoms with E-state index in [9.17, 15) is 14.4 Å². The highest BCUT2D eigenvalue weighted by Crippen LogP contribution is 1.92. The quantitative estimate of drug-likeness (QED) is 0.233. The highest BCUT2D eigenvalue weighted by atomic mass is 35.7. The van der Waals surface area contributed by atoms with Crippen LogP contribution in [-0.2, 0) is 0 Å². The molecule has 0 unspecified atom stereocenters. The Morgan fingerprint density at radius 3 is 0.595 bits per heavy atom. The van der Waals surface area contributed by atoms with Gasteiger partial charge in [0.05, 0.1) is 16.7 Å². The molecule has 234 valence electrons. The maximum Gasteiger partial charge on any atom is 0.336 e. The van der Waals surface area contributed by atoms with Crippen LogP contribution < -0.4 is 70.9 Å². The zero-order valence-electron chi connectivity index (χ0n) is 20.0. The third-order valence-corrected chi connectivity index (χ3v) is 2.90. The van der Waals surface area contributed by atoms with E-state index in [-0.39, 0.29) is 0 Å². The van der Waals surface area contributed by atoms with E-state index in [4.69, 9.17) is 71.2 Å². The third-order valence-electron chi connectivity index (χ3n) is 2.90. The van der Waals surface area contributed by atoms with Gasteiger partial charge in [-0.2, -0.15) is 0 Å². The minimum absolute atomic E-state index is 0.300. The number of hydrogen-bond donors (Lipinski definition) is 3. The van der Waals surface area contributed by atoms with Crippen molar-refractivity contribution in [2.24, 2.45) is 0 Å². The van der Waals surface area contributed by atoms with Crippen molar-refractivity contribution in [1.82, 2.24) is 0 Å². The predicted octanol–water partition coefficient (Wildman–Crippen LogP) is -13.7. The van der Waals surface area contributed by atoms with Gasteiger partial charge in [-0.1, -0.05) is 0 Å². The van der Waals surface area contributed by atoms with Gasteiger partial charge in [0.25, 0.3) is 0 Å². The lowest BCUT2D eigenvalue weighted by molar-refractivity contribution is -2.00. The molecule has 3 rings (SSSR count). The van der Waals surface area contributed by atoms with Gasteiger partial charge in [-0.25, -0.2) is 85.2 Å². The molecule has 3 aromatic heterocycles. The number of pyridine rings is 3. The molecule has 6 N–H and O–H groups in total. The van der Waals surface area contributed by atoms with E-state index in [1.807, 2.05) is 0 Å². The summed E-state index contributed by atoms with van der Waals surface area (Å²) in [5.41, 5.74) is 0.899. The second-order valence-corrected chi connectivity index (χ2v) is 8.18. The SMILES string of the molecule is O=C(O)c1cc[nH+]cc1.O=C(O)c1cc[nH+]cc1.O=C(O)c1cc[nH+]cc1.[O-][Cl+3]([O-])([O-])[O-].[O-][Cl+3]([O-])([O-])[O-].[O-][Cl+3]([O-])([O-])[O-]. The van der Waals surface area contributed by atoms with Crippen molar-refractivity contribution in [3.63, 3.8) is 0 Å². The predicted molar refractivity (Wildman–Crippen MR) is 89.9 cm³/mol. The molecule has 21 nitrogen and oxygen atoms in total. The number of aromatic nitrogens is 3. The van der Waals surface area contributed by atoms with Gasteiger partial charge in [-0.3, -0.25) is 0 Å². The number of carbonyl (C=O) groups is 3. The number of carboxylic acids is 3. The Hall–Kier alpha value is -3.75. The molecule has 42 heavy (non-hydrogen) atoms. The zero-order valence-corrected chi connectivity index (χ0v) is 22.3. The number of carboxylic acid groups (broad SMARTS) is 3. The molecule has 0 atom stereocenters. The normalized spacial score (nSPS) is 10.0. The molecule has 0 spiro atoms. The third kappa shape index (κ3) is 43.3. The first kappa shape index (κ1) is 42.7. The van der Waals surface area contributed by atoms with E-state index in [0.717, 1.165) is 0 Å². The fourth-order valence-electron chi connectivity index (χ4n) is 1.59. The van der Waals surface area contributed by atoms with Gasteiger partial charge in [0.2, 0.25) is 0 Å². The van der Waals surface area contributed by atoms with Crippen molar-refractivity contribution >= 4 is 17.9 Å². The van der Waals surface area contributed by atoms with Crippen LogP contribution in [0.3, 0.4) is 0 Å². The van der Waals surface area contributed by atoms with Crippen molar-refractivity contribution in [3.8, 4) is 0 Å². The fourth-order valence-corrected chi connectivity index (χ4v) is 1.59. The summed E-state index contributed by atoms with van der Waals surface area (Å²) in [6, 6.07) is 9.01.